The second-order valence-corrected chi connectivity index (χ2v) is 6.77. The molecule has 4 rings (SSSR count). The number of nitrogens with zero attached hydrogens (tertiary/aromatic N) is 1. The molecule has 0 unspecified atom stereocenters. The van der Waals surface area contributed by atoms with Crippen LogP contribution < -0.4 is 9.64 Å². The molecule has 1 heterocycles. The number of hydrogen-bond acceptors (Lipinski definition) is 3. The van der Waals surface area contributed by atoms with E-state index >= 15 is 0 Å². The molecule has 0 bridgehead atoms. The normalized spacial score (nSPS) is 13.0. The molecule has 138 valence electrons. The van der Waals surface area contributed by atoms with Crippen molar-refractivity contribution in [2.75, 3.05) is 31.7 Å². The van der Waals surface area contributed by atoms with Gasteiger partial charge in [0, 0.05) is 24.3 Å². The summed E-state index contributed by atoms with van der Waals surface area (Å²) in [7, 11) is 1.74. The van der Waals surface area contributed by atoms with Gasteiger partial charge in [0.1, 0.15) is 11.9 Å². The number of rotatable bonds is 7. The Bertz CT molecular complexity index is 825. The summed E-state index contributed by atoms with van der Waals surface area (Å²) < 4.78 is 11.9. The van der Waals surface area contributed by atoms with Crippen LogP contribution in [0, 0.1) is 0 Å². The average Bonchev–Trinajstić information content (AvgIpc) is 3.16. The van der Waals surface area contributed by atoms with Crippen molar-refractivity contribution < 1.29 is 9.47 Å². The van der Waals surface area contributed by atoms with Gasteiger partial charge >= 0.3 is 0 Å². The first-order valence-electron chi connectivity index (χ1n) is 9.49. The molecular formula is C24H25NO2. The van der Waals surface area contributed by atoms with Crippen LogP contribution in [0.2, 0.25) is 0 Å². The maximum Gasteiger partial charge on any atom is 0.124 e. The number of fused-ring (bicyclic) bond motifs is 1. The van der Waals surface area contributed by atoms with Crippen molar-refractivity contribution in [3.8, 4) is 5.75 Å². The summed E-state index contributed by atoms with van der Waals surface area (Å²) in [5.74, 6) is 0.988. The summed E-state index contributed by atoms with van der Waals surface area (Å²) in [6.45, 7) is 2.56. The van der Waals surface area contributed by atoms with Crippen molar-refractivity contribution in [2.24, 2.45) is 0 Å². The van der Waals surface area contributed by atoms with E-state index in [4.69, 9.17) is 9.47 Å². The van der Waals surface area contributed by atoms with Gasteiger partial charge in [-0.3, -0.25) is 0 Å². The van der Waals surface area contributed by atoms with Crippen molar-refractivity contribution in [3.05, 3.63) is 95.6 Å². The molecular weight excluding hydrogens is 334 g/mol. The Morgan fingerprint density at radius 3 is 2.15 bits per heavy atom. The van der Waals surface area contributed by atoms with E-state index in [1.807, 2.05) is 18.2 Å². The quantitative estimate of drug-likeness (QED) is 0.601. The Hall–Kier alpha value is -2.78. The highest BCUT2D eigenvalue weighted by molar-refractivity contribution is 5.63. The van der Waals surface area contributed by atoms with Crippen LogP contribution in [0.15, 0.2) is 78.9 Å². The van der Waals surface area contributed by atoms with Gasteiger partial charge in [-0.15, -0.1) is 0 Å². The van der Waals surface area contributed by atoms with Gasteiger partial charge in [-0.2, -0.15) is 0 Å². The molecule has 0 amide bonds. The Kier molecular flexibility index (Phi) is 5.40. The fourth-order valence-electron chi connectivity index (χ4n) is 3.81. The second-order valence-electron chi connectivity index (χ2n) is 6.77. The van der Waals surface area contributed by atoms with E-state index in [0.29, 0.717) is 6.61 Å². The molecule has 3 nitrogen and oxygen atoms in total. The molecule has 0 saturated heterocycles. The van der Waals surface area contributed by atoms with Crippen LogP contribution in [-0.2, 0) is 11.2 Å². The number of ether oxygens (including phenoxy) is 2. The van der Waals surface area contributed by atoms with Crippen molar-refractivity contribution in [2.45, 2.75) is 12.5 Å². The average molecular weight is 359 g/mol. The smallest absolute Gasteiger partial charge is 0.124 e. The first-order chi connectivity index (χ1) is 13.4. The molecule has 0 fully saturated rings. The molecule has 3 aromatic rings. The zero-order valence-corrected chi connectivity index (χ0v) is 15.7. The van der Waals surface area contributed by atoms with Crippen LogP contribution in [0.3, 0.4) is 0 Å². The third-order valence-electron chi connectivity index (χ3n) is 5.15. The molecule has 0 N–H and O–H groups in total. The first-order valence-corrected chi connectivity index (χ1v) is 9.49. The van der Waals surface area contributed by atoms with Gasteiger partial charge < -0.3 is 14.4 Å². The van der Waals surface area contributed by atoms with Gasteiger partial charge in [0.25, 0.3) is 0 Å². The van der Waals surface area contributed by atoms with Gasteiger partial charge in [-0.05, 0) is 29.7 Å². The Labute approximate surface area is 161 Å². The molecule has 0 atom stereocenters. The lowest BCUT2D eigenvalue weighted by molar-refractivity contribution is 0.0856. The van der Waals surface area contributed by atoms with Gasteiger partial charge in [0.15, 0.2) is 0 Å². The fourth-order valence-corrected chi connectivity index (χ4v) is 3.81. The third kappa shape index (κ3) is 3.83. The summed E-state index contributed by atoms with van der Waals surface area (Å²) in [5, 5.41) is 0. The minimum atomic E-state index is -0.0419. The number of benzene rings is 3. The molecule has 0 saturated carbocycles. The lowest BCUT2D eigenvalue weighted by Crippen LogP contribution is -2.26. The van der Waals surface area contributed by atoms with Crippen LogP contribution in [-0.4, -0.2) is 26.8 Å². The highest BCUT2D eigenvalue weighted by Gasteiger charge is 2.22. The maximum absolute atomic E-state index is 6.37. The molecule has 0 aromatic heterocycles. The standard InChI is InChI=1S/C24H25NO2/c1-26-23-14-8-13-22-21(23)15-16-25(22)17-18-27-24(19-9-4-2-5-10-19)20-11-6-3-7-12-20/h2-14,24H,15-18H2,1H3. The Morgan fingerprint density at radius 2 is 1.52 bits per heavy atom. The molecule has 1 aliphatic heterocycles. The lowest BCUT2D eigenvalue weighted by atomic mass is 10.0. The number of hydrogen-bond donors (Lipinski definition) is 0. The highest BCUT2D eigenvalue weighted by atomic mass is 16.5. The van der Waals surface area contributed by atoms with E-state index in [1.54, 1.807) is 7.11 Å². The van der Waals surface area contributed by atoms with Crippen LogP contribution in [0.25, 0.3) is 0 Å². The molecule has 0 radical (unpaired) electrons. The predicted molar refractivity (Wildman–Crippen MR) is 110 cm³/mol. The summed E-state index contributed by atoms with van der Waals surface area (Å²) in [6, 6.07) is 27.2. The van der Waals surface area contributed by atoms with Crippen molar-refractivity contribution >= 4 is 5.69 Å². The minimum absolute atomic E-state index is 0.0419. The Morgan fingerprint density at radius 1 is 0.852 bits per heavy atom. The van der Waals surface area contributed by atoms with Gasteiger partial charge in [0.05, 0.1) is 13.7 Å². The Balaban J connectivity index is 1.46. The van der Waals surface area contributed by atoms with Crippen LogP contribution >= 0.6 is 0 Å². The van der Waals surface area contributed by atoms with E-state index in [0.717, 1.165) is 25.3 Å². The molecule has 0 spiro atoms. The minimum Gasteiger partial charge on any atom is -0.496 e. The number of anilines is 1. The molecule has 27 heavy (non-hydrogen) atoms. The van der Waals surface area contributed by atoms with Gasteiger partial charge in [-0.1, -0.05) is 66.7 Å². The van der Waals surface area contributed by atoms with Gasteiger partial charge in [0.2, 0.25) is 0 Å². The first kappa shape index (κ1) is 17.6. The summed E-state index contributed by atoms with van der Waals surface area (Å²) in [6.07, 6.45) is 0.986. The van der Waals surface area contributed by atoms with E-state index in [2.05, 4.69) is 65.6 Å². The lowest BCUT2D eigenvalue weighted by Gasteiger charge is -2.23. The topological polar surface area (TPSA) is 21.7 Å². The fraction of sp³-hybridized carbons (Fsp3) is 0.250. The van der Waals surface area contributed by atoms with Crippen LogP contribution in [0.1, 0.15) is 22.8 Å². The summed E-state index contributed by atoms with van der Waals surface area (Å²) >= 11 is 0. The molecule has 3 heteroatoms. The van der Waals surface area contributed by atoms with Crippen LogP contribution in [0.4, 0.5) is 5.69 Å². The maximum atomic E-state index is 6.37. The molecule has 3 aromatic carbocycles. The van der Waals surface area contributed by atoms with E-state index in [-0.39, 0.29) is 6.10 Å². The largest absolute Gasteiger partial charge is 0.496 e. The number of methoxy groups -OCH3 is 1. The summed E-state index contributed by atoms with van der Waals surface area (Å²) in [4.78, 5) is 2.39. The molecule has 1 aliphatic rings. The predicted octanol–water partition coefficient (Wildman–Crippen LogP) is 4.86. The van der Waals surface area contributed by atoms with Crippen molar-refractivity contribution in [1.82, 2.24) is 0 Å². The van der Waals surface area contributed by atoms with E-state index < -0.39 is 0 Å². The third-order valence-corrected chi connectivity index (χ3v) is 5.15. The van der Waals surface area contributed by atoms with E-state index in [9.17, 15) is 0 Å². The van der Waals surface area contributed by atoms with Crippen LogP contribution in [0.5, 0.6) is 5.75 Å². The van der Waals surface area contributed by atoms with E-state index in [1.165, 1.54) is 22.4 Å². The highest BCUT2D eigenvalue weighted by Crippen LogP contribution is 2.35. The monoisotopic (exact) mass is 359 g/mol. The van der Waals surface area contributed by atoms with Crippen molar-refractivity contribution in [1.29, 1.82) is 0 Å². The zero-order valence-electron chi connectivity index (χ0n) is 15.7. The van der Waals surface area contributed by atoms with Crippen molar-refractivity contribution in [3.63, 3.8) is 0 Å². The SMILES string of the molecule is COc1cccc2c1CCN2CCOC(c1ccccc1)c1ccccc1. The summed E-state index contributed by atoms with van der Waals surface area (Å²) in [5.41, 5.74) is 4.95. The zero-order chi connectivity index (χ0) is 18.5. The molecule has 0 aliphatic carbocycles. The second kappa shape index (κ2) is 8.28. The van der Waals surface area contributed by atoms with Gasteiger partial charge in [-0.25, -0.2) is 0 Å².